The van der Waals surface area contributed by atoms with E-state index in [1.165, 1.54) is 32.4 Å². The fourth-order valence-electron chi connectivity index (χ4n) is 5.57. The number of nitrogens with one attached hydrogen (secondary N) is 2. The summed E-state index contributed by atoms with van der Waals surface area (Å²) in [4.78, 5) is 28.7. The molecule has 0 bridgehead atoms. The highest BCUT2D eigenvalue weighted by Crippen LogP contribution is 2.41. The molecule has 1 aromatic carbocycles. The molecular formula is C30H30N4O2S2. The molecule has 2 aliphatic carbocycles. The quantitative estimate of drug-likeness (QED) is 0.347. The molecule has 38 heavy (non-hydrogen) atoms. The summed E-state index contributed by atoms with van der Waals surface area (Å²) in [5, 5.41) is 26.6. The minimum atomic E-state index is -0.350. The summed E-state index contributed by atoms with van der Waals surface area (Å²) in [6.45, 7) is 4.38. The molecule has 2 heterocycles. The first-order valence-corrected chi connectivity index (χ1v) is 14.9. The Bertz CT molecular complexity index is 1380. The maximum absolute atomic E-state index is 13.2. The number of fused-ring (bicyclic) bond motifs is 2. The van der Waals surface area contributed by atoms with Gasteiger partial charge in [-0.1, -0.05) is 32.8 Å². The van der Waals surface area contributed by atoms with Gasteiger partial charge < -0.3 is 10.6 Å². The smallest absolute Gasteiger partial charge is 0.256 e. The number of nitrogens with zero attached hydrogens (tertiary/aromatic N) is 2. The van der Waals surface area contributed by atoms with Gasteiger partial charge in [-0.25, -0.2) is 0 Å². The molecule has 0 aliphatic heterocycles. The molecule has 3 aromatic rings. The van der Waals surface area contributed by atoms with Crippen molar-refractivity contribution >= 4 is 44.5 Å². The van der Waals surface area contributed by atoms with E-state index in [-0.39, 0.29) is 11.8 Å². The van der Waals surface area contributed by atoms with Gasteiger partial charge in [-0.05, 0) is 79.7 Å². The molecule has 2 aromatic heterocycles. The van der Waals surface area contributed by atoms with E-state index in [0.717, 1.165) is 62.5 Å². The van der Waals surface area contributed by atoms with E-state index in [1.807, 2.05) is 0 Å². The molecule has 2 amide bonds. The van der Waals surface area contributed by atoms with Gasteiger partial charge >= 0.3 is 0 Å². The molecule has 2 aliphatic rings. The molecule has 0 fully saturated rings. The molecule has 0 saturated carbocycles. The molecule has 0 spiro atoms. The lowest BCUT2D eigenvalue weighted by Crippen LogP contribution is -2.15. The SMILES string of the molecule is CCC1CCc2c(sc(NC(=O)c3cccc(C(=O)Nc4sc5c(c4C#N)CCC(CC)C5)c3)c2C#N)C1. The van der Waals surface area contributed by atoms with E-state index in [0.29, 0.717) is 44.1 Å². The number of carbonyl (C=O) groups is 2. The minimum absolute atomic E-state index is 0.344. The Morgan fingerprint density at radius 1 is 0.842 bits per heavy atom. The summed E-state index contributed by atoms with van der Waals surface area (Å²) in [7, 11) is 0. The van der Waals surface area contributed by atoms with Gasteiger partial charge in [0, 0.05) is 20.9 Å². The largest absolute Gasteiger partial charge is 0.312 e. The first-order chi connectivity index (χ1) is 18.4. The standard InChI is InChI=1S/C30H30N4O2S2/c1-3-17-8-10-21-23(15-31)29(37-25(21)12-17)33-27(35)19-6-5-7-20(14-19)28(36)34-30-24(16-32)22-11-9-18(4-2)13-26(22)38-30/h5-7,14,17-18H,3-4,8-13H2,1-2H3,(H,33,35)(H,34,36). The van der Waals surface area contributed by atoms with E-state index in [4.69, 9.17) is 0 Å². The third-order valence-corrected chi connectivity index (χ3v) is 10.3. The number of amides is 2. The number of carbonyl (C=O) groups excluding carboxylic acids is 2. The van der Waals surface area contributed by atoms with E-state index in [2.05, 4.69) is 36.6 Å². The van der Waals surface area contributed by atoms with Crippen molar-refractivity contribution in [1.29, 1.82) is 10.5 Å². The second kappa shape index (κ2) is 11.1. The summed E-state index contributed by atoms with van der Waals surface area (Å²) in [5.74, 6) is 0.540. The van der Waals surface area contributed by atoms with Crippen molar-refractivity contribution in [3.05, 3.63) is 67.4 Å². The van der Waals surface area contributed by atoms with Crippen LogP contribution in [0, 0.1) is 34.5 Å². The third kappa shape index (κ3) is 4.99. The molecule has 0 saturated heterocycles. The Labute approximate surface area is 231 Å². The number of nitriles is 2. The van der Waals surface area contributed by atoms with Crippen LogP contribution in [-0.2, 0) is 25.7 Å². The molecule has 194 valence electrons. The van der Waals surface area contributed by atoms with Crippen LogP contribution in [0.2, 0.25) is 0 Å². The zero-order valence-electron chi connectivity index (χ0n) is 21.6. The van der Waals surface area contributed by atoms with Crippen molar-refractivity contribution in [1.82, 2.24) is 0 Å². The predicted octanol–water partition coefficient (Wildman–Crippen LogP) is 7.09. The summed E-state index contributed by atoms with van der Waals surface area (Å²) < 4.78 is 0. The number of rotatable bonds is 6. The van der Waals surface area contributed by atoms with Crippen LogP contribution in [0.3, 0.4) is 0 Å². The van der Waals surface area contributed by atoms with Crippen molar-refractivity contribution in [3.8, 4) is 12.1 Å². The van der Waals surface area contributed by atoms with Crippen LogP contribution in [0.1, 0.15) is 92.3 Å². The summed E-state index contributed by atoms with van der Waals surface area (Å²) >= 11 is 2.99. The van der Waals surface area contributed by atoms with Crippen LogP contribution >= 0.6 is 22.7 Å². The molecule has 2 atom stereocenters. The minimum Gasteiger partial charge on any atom is -0.312 e. The Balaban J connectivity index is 1.33. The fourth-order valence-corrected chi connectivity index (χ4v) is 8.19. The molecule has 2 N–H and O–H groups in total. The van der Waals surface area contributed by atoms with Crippen molar-refractivity contribution in [2.24, 2.45) is 11.8 Å². The Kier molecular flexibility index (Phi) is 7.65. The van der Waals surface area contributed by atoms with Gasteiger partial charge in [0.2, 0.25) is 0 Å². The lowest BCUT2D eigenvalue weighted by molar-refractivity contribution is 0.102. The summed E-state index contributed by atoms with van der Waals surface area (Å²) in [6, 6.07) is 11.1. The molecule has 0 radical (unpaired) electrons. The number of benzene rings is 1. The van der Waals surface area contributed by atoms with E-state index in [9.17, 15) is 20.1 Å². The number of anilines is 2. The molecule has 8 heteroatoms. The Morgan fingerprint density at radius 3 is 1.68 bits per heavy atom. The highest BCUT2D eigenvalue weighted by Gasteiger charge is 2.27. The van der Waals surface area contributed by atoms with Crippen LogP contribution in [0.5, 0.6) is 0 Å². The van der Waals surface area contributed by atoms with E-state index in [1.54, 1.807) is 24.3 Å². The zero-order valence-corrected chi connectivity index (χ0v) is 23.3. The van der Waals surface area contributed by atoms with Gasteiger partial charge in [0.05, 0.1) is 11.1 Å². The Morgan fingerprint density at radius 2 is 1.29 bits per heavy atom. The van der Waals surface area contributed by atoms with Crippen molar-refractivity contribution < 1.29 is 9.59 Å². The first-order valence-electron chi connectivity index (χ1n) is 13.3. The number of hydrogen-bond donors (Lipinski definition) is 2. The van der Waals surface area contributed by atoms with Crippen molar-refractivity contribution in [2.75, 3.05) is 10.6 Å². The van der Waals surface area contributed by atoms with Crippen LogP contribution in [0.4, 0.5) is 10.0 Å². The van der Waals surface area contributed by atoms with Gasteiger partial charge in [-0.15, -0.1) is 22.7 Å². The molecule has 2 unspecified atom stereocenters. The second-order valence-corrected chi connectivity index (χ2v) is 12.4. The topological polar surface area (TPSA) is 106 Å². The van der Waals surface area contributed by atoms with Crippen LogP contribution in [0.15, 0.2) is 24.3 Å². The van der Waals surface area contributed by atoms with Crippen molar-refractivity contribution in [2.45, 2.75) is 65.2 Å². The fraction of sp³-hybridized carbons (Fsp3) is 0.400. The monoisotopic (exact) mass is 542 g/mol. The highest BCUT2D eigenvalue weighted by atomic mass is 32.1. The average molecular weight is 543 g/mol. The highest BCUT2D eigenvalue weighted by molar-refractivity contribution is 7.17. The van der Waals surface area contributed by atoms with Crippen LogP contribution in [-0.4, -0.2) is 11.8 Å². The summed E-state index contributed by atoms with van der Waals surface area (Å²) in [6.07, 6.45) is 8.00. The van der Waals surface area contributed by atoms with Crippen molar-refractivity contribution in [3.63, 3.8) is 0 Å². The Hall–Kier alpha value is -3.46. The van der Waals surface area contributed by atoms with E-state index < -0.39 is 0 Å². The van der Waals surface area contributed by atoms with Crippen LogP contribution < -0.4 is 10.6 Å². The van der Waals surface area contributed by atoms with Gasteiger partial charge in [0.25, 0.3) is 11.8 Å². The first kappa shape index (κ1) is 26.2. The normalized spacial score (nSPS) is 18.0. The molecule has 5 rings (SSSR count). The number of hydrogen-bond acceptors (Lipinski definition) is 6. The van der Waals surface area contributed by atoms with Gasteiger partial charge in [-0.3, -0.25) is 9.59 Å². The third-order valence-electron chi connectivity index (χ3n) is 7.95. The van der Waals surface area contributed by atoms with Gasteiger partial charge in [0.1, 0.15) is 22.1 Å². The van der Waals surface area contributed by atoms with Gasteiger partial charge in [-0.2, -0.15) is 10.5 Å². The summed E-state index contributed by atoms with van der Waals surface area (Å²) in [5.41, 5.74) is 3.97. The van der Waals surface area contributed by atoms with Crippen LogP contribution in [0.25, 0.3) is 0 Å². The molecule has 6 nitrogen and oxygen atoms in total. The lowest BCUT2D eigenvalue weighted by Gasteiger charge is -2.20. The maximum atomic E-state index is 13.2. The molecular weight excluding hydrogens is 512 g/mol. The van der Waals surface area contributed by atoms with Gasteiger partial charge in [0.15, 0.2) is 0 Å². The second-order valence-electron chi connectivity index (χ2n) is 10.2. The number of thiophene rings is 2. The average Bonchev–Trinajstić information content (AvgIpc) is 3.47. The van der Waals surface area contributed by atoms with E-state index >= 15 is 0 Å². The predicted molar refractivity (Wildman–Crippen MR) is 152 cm³/mol. The lowest BCUT2D eigenvalue weighted by atomic mass is 9.86. The zero-order chi connectivity index (χ0) is 26.8. The maximum Gasteiger partial charge on any atom is 0.256 e.